The maximum atomic E-state index is 8.57. The molecule has 1 N–H and O–H groups in total. The maximum Gasteiger partial charge on any atom is 0.0434 e. The first kappa shape index (κ1) is 10.7. The summed E-state index contributed by atoms with van der Waals surface area (Å²) in [6.07, 6.45) is 2.88. The van der Waals surface area contributed by atoms with Gasteiger partial charge in [-0.05, 0) is 24.7 Å². The van der Waals surface area contributed by atoms with E-state index in [0.717, 1.165) is 19.3 Å². The van der Waals surface area contributed by atoms with Crippen LogP contribution in [0.4, 0.5) is 0 Å². The first-order chi connectivity index (χ1) is 4.95. The highest BCUT2D eigenvalue weighted by molar-refractivity contribution is 4.97. The fourth-order valence-corrected chi connectivity index (χ4v) is 1.17. The van der Waals surface area contributed by atoms with Crippen molar-refractivity contribution in [2.75, 3.05) is 6.61 Å². The van der Waals surface area contributed by atoms with Crippen LogP contribution in [0.1, 0.15) is 40.0 Å². The number of hydrogen-bond acceptors (Lipinski definition) is 1. The molecule has 0 spiro atoms. The molecule has 0 aromatic carbocycles. The van der Waals surface area contributed by atoms with Crippen molar-refractivity contribution in [3.05, 3.63) is 12.2 Å². The minimum Gasteiger partial charge on any atom is -0.396 e. The zero-order valence-electron chi connectivity index (χ0n) is 7.98. The molecule has 0 aromatic heterocycles. The molecule has 0 unspecified atom stereocenters. The van der Waals surface area contributed by atoms with E-state index in [1.807, 2.05) is 0 Å². The number of aliphatic hydroxyl groups is 1. The lowest BCUT2D eigenvalue weighted by Gasteiger charge is -2.19. The third kappa shape index (κ3) is 7.60. The molecule has 0 saturated heterocycles. The Labute approximate surface area is 70.1 Å². The Morgan fingerprint density at radius 2 is 1.91 bits per heavy atom. The van der Waals surface area contributed by atoms with Gasteiger partial charge >= 0.3 is 0 Å². The van der Waals surface area contributed by atoms with Crippen LogP contribution in [0.5, 0.6) is 0 Å². The average molecular weight is 156 g/mol. The second-order valence-electron chi connectivity index (χ2n) is 4.31. The van der Waals surface area contributed by atoms with E-state index >= 15 is 0 Å². The van der Waals surface area contributed by atoms with Crippen LogP contribution in [-0.2, 0) is 0 Å². The van der Waals surface area contributed by atoms with E-state index in [9.17, 15) is 0 Å². The van der Waals surface area contributed by atoms with Crippen LogP contribution < -0.4 is 0 Å². The van der Waals surface area contributed by atoms with Gasteiger partial charge < -0.3 is 5.11 Å². The molecule has 0 rings (SSSR count). The molecule has 0 amide bonds. The first-order valence-electron chi connectivity index (χ1n) is 4.23. The van der Waals surface area contributed by atoms with Crippen molar-refractivity contribution in [3.63, 3.8) is 0 Å². The number of aliphatic hydroxyl groups excluding tert-OH is 1. The predicted octanol–water partition coefficient (Wildman–Crippen LogP) is 2.75. The van der Waals surface area contributed by atoms with E-state index in [-0.39, 0.29) is 6.61 Å². The maximum absolute atomic E-state index is 8.57. The van der Waals surface area contributed by atoms with Gasteiger partial charge in [0.15, 0.2) is 0 Å². The van der Waals surface area contributed by atoms with Gasteiger partial charge in [-0.25, -0.2) is 0 Å². The van der Waals surface area contributed by atoms with E-state index in [1.165, 1.54) is 5.57 Å². The fourth-order valence-electron chi connectivity index (χ4n) is 1.17. The number of rotatable bonds is 4. The zero-order valence-corrected chi connectivity index (χ0v) is 7.98. The molecule has 0 aliphatic heterocycles. The summed E-state index contributed by atoms with van der Waals surface area (Å²) in [4.78, 5) is 0. The Morgan fingerprint density at radius 1 is 1.36 bits per heavy atom. The SMILES string of the molecule is C=C(CCCO)CC(C)(C)C. The summed E-state index contributed by atoms with van der Waals surface area (Å²) in [6, 6.07) is 0. The first-order valence-corrected chi connectivity index (χ1v) is 4.23. The summed E-state index contributed by atoms with van der Waals surface area (Å²) in [7, 11) is 0. The van der Waals surface area contributed by atoms with Gasteiger partial charge in [0.25, 0.3) is 0 Å². The fraction of sp³-hybridized carbons (Fsp3) is 0.800. The Balaban J connectivity index is 3.53. The highest BCUT2D eigenvalue weighted by atomic mass is 16.2. The molecule has 11 heavy (non-hydrogen) atoms. The van der Waals surface area contributed by atoms with E-state index in [0.29, 0.717) is 5.41 Å². The Bertz CT molecular complexity index is 119. The highest BCUT2D eigenvalue weighted by Crippen LogP contribution is 2.24. The molecule has 0 heterocycles. The summed E-state index contributed by atoms with van der Waals surface area (Å²) >= 11 is 0. The van der Waals surface area contributed by atoms with Gasteiger partial charge in [0.2, 0.25) is 0 Å². The van der Waals surface area contributed by atoms with Gasteiger partial charge in [0, 0.05) is 6.61 Å². The van der Waals surface area contributed by atoms with Crippen molar-refractivity contribution in [1.29, 1.82) is 0 Å². The van der Waals surface area contributed by atoms with Gasteiger partial charge in [0.1, 0.15) is 0 Å². The summed E-state index contributed by atoms with van der Waals surface area (Å²) in [5, 5.41) is 8.57. The Hall–Kier alpha value is -0.300. The second kappa shape index (κ2) is 4.55. The summed E-state index contributed by atoms with van der Waals surface area (Å²) in [5.41, 5.74) is 1.60. The van der Waals surface area contributed by atoms with E-state index in [1.54, 1.807) is 0 Å². The van der Waals surface area contributed by atoms with Crippen LogP contribution in [0.15, 0.2) is 12.2 Å². The third-order valence-corrected chi connectivity index (χ3v) is 1.47. The van der Waals surface area contributed by atoms with Crippen LogP contribution >= 0.6 is 0 Å². The van der Waals surface area contributed by atoms with Crippen LogP contribution in [0.25, 0.3) is 0 Å². The van der Waals surface area contributed by atoms with E-state index in [2.05, 4.69) is 27.4 Å². The highest BCUT2D eigenvalue weighted by Gasteiger charge is 2.11. The summed E-state index contributed by atoms with van der Waals surface area (Å²) in [5.74, 6) is 0. The summed E-state index contributed by atoms with van der Waals surface area (Å²) in [6.45, 7) is 10.9. The smallest absolute Gasteiger partial charge is 0.0434 e. The summed E-state index contributed by atoms with van der Waals surface area (Å²) < 4.78 is 0. The molecule has 0 radical (unpaired) electrons. The van der Waals surface area contributed by atoms with Gasteiger partial charge in [-0.3, -0.25) is 0 Å². The number of hydrogen-bond donors (Lipinski definition) is 1. The molecule has 0 atom stereocenters. The van der Waals surface area contributed by atoms with Crippen molar-refractivity contribution in [2.24, 2.45) is 5.41 Å². The van der Waals surface area contributed by atoms with Crippen molar-refractivity contribution >= 4 is 0 Å². The van der Waals surface area contributed by atoms with Gasteiger partial charge in [-0.1, -0.05) is 32.9 Å². The van der Waals surface area contributed by atoms with Crippen molar-refractivity contribution in [2.45, 2.75) is 40.0 Å². The van der Waals surface area contributed by atoms with Crippen LogP contribution in [0, 0.1) is 5.41 Å². The third-order valence-electron chi connectivity index (χ3n) is 1.47. The van der Waals surface area contributed by atoms with Crippen LogP contribution in [0.2, 0.25) is 0 Å². The standard InChI is InChI=1S/C10H20O/c1-9(6-5-7-11)8-10(2,3)4/h11H,1,5-8H2,2-4H3. The normalized spacial score (nSPS) is 11.6. The molecule has 0 aliphatic carbocycles. The molecule has 0 aromatic rings. The van der Waals surface area contributed by atoms with E-state index < -0.39 is 0 Å². The quantitative estimate of drug-likeness (QED) is 0.620. The molecule has 1 nitrogen and oxygen atoms in total. The topological polar surface area (TPSA) is 20.2 Å². The molecule has 0 bridgehead atoms. The molecule has 0 saturated carbocycles. The van der Waals surface area contributed by atoms with Gasteiger partial charge in [-0.2, -0.15) is 0 Å². The molecular formula is C10H20O. The second-order valence-corrected chi connectivity index (χ2v) is 4.31. The monoisotopic (exact) mass is 156 g/mol. The Kier molecular flexibility index (Phi) is 4.43. The van der Waals surface area contributed by atoms with E-state index in [4.69, 9.17) is 5.11 Å². The minimum absolute atomic E-state index is 0.281. The number of allylic oxidation sites excluding steroid dienone is 1. The van der Waals surface area contributed by atoms with Crippen LogP contribution in [0.3, 0.4) is 0 Å². The largest absolute Gasteiger partial charge is 0.396 e. The van der Waals surface area contributed by atoms with Crippen molar-refractivity contribution in [1.82, 2.24) is 0 Å². The molecule has 1 heteroatoms. The average Bonchev–Trinajstić information content (AvgIpc) is 1.79. The van der Waals surface area contributed by atoms with Gasteiger partial charge in [0.05, 0.1) is 0 Å². The predicted molar refractivity (Wildman–Crippen MR) is 49.5 cm³/mol. The zero-order chi connectivity index (χ0) is 8.91. The lowest BCUT2D eigenvalue weighted by Crippen LogP contribution is -2.06. The van der Waals surface area contributed by atoms with Crippen molar-refractivity contribution < 1.29 is 5.11 Å². The van der Waals surface area contributed by atoms with Crippen molar-refractivity contribution in [3.8, 4) is 0 Å². The molecule has 0 fully saturated rings. The van der Waals surface area contributed by atoms with Gasteiger partial charge in [-0.15, -0.1) is 0 Å². The molecular weight excluding hydrogens is 136 g/mol. The Morgan fingerprint density at radius 3 is 2.27 bits per heavy atom. The van der Waals surface area contributed by atoms with Crippen LogP contribution in [-0.4, -0.2) is 11.7 Å². The molecule has 66 valence electrons. The lowest BCUT2D eigenvalue weighted by molar-refractivity contribution is 0.286. The molecule has 0 aliphatic rings. The lowest BCUT2D eigenvalue weighted by atomic mass is 9.87. The minimum atomic E-state index is 0.281.